The predicted molar refractivity (Wildman–Crippen MR) is 183 cm³/mol. The van der Waals surface area contributed by atoms with Crippen LogP contribution in [0.3, 0.4) is 0 Å². The van der Waals surface area contributed by atoms with E-state index in [1.54, 1.807) is 6.92 Å². The van der Waals surface area contributed by atoms with Crippen molar-refractivity contribution >= 4 is 55.6 Å². The van der Waals surface area contributed by atoms with Gasteiger partial charge in [0, 0.05) is 42.3 Å². The van der Waals surface area contributed by atoms with E-state index < -0.39 is 44.8 Å². The molecular weight excluding hydrogens is 697 g/mol. The number of amides is 2. The molecule has 0 aromatic rings. The third-order valence-electron chi connectivity index (χ3n) is 6.48. The number of hydrogen-bond acceptors (Lipinski definition) is 13. The van der Waals surface area contributed by atoms with Gasteiger partial charge in [0.2, 0.25) is 11.8 Å². The van der Waals surface area contributed by atoms with Crippen LogP contribution >= 0.6 is 35.9 Å². The molecule has 274 valence electrons. The van der Waals surface area contributed by atoms with E-state index in [9.17, 15) is 28.5 Å². The van der Waals surface area contributed by atoms with Gasteiger partial charge >= 0.3 is 14.3 Å². The largest absolute Gasteiger partial charge is 0.410 e. The van der Waals surface area contributed by atoms with Crippen LogP contribution in [0.1, 0.15) is 53.9 Å². The van der Waals surface area contributed by atoms with Gasteiger partial charge in [-0.3, -0.25) is 18.7 Å². The first-order valence-corrected chi connectivity index (χ1v) is 21.9. The molecule has 1 rings (SSSR count). The Morgan fingerprint density at radius 1 is 0.957 bits per heavy atom. The van der Waals surface area contributed by atoms with Gasteiger partial charge in [-0.1, -0.05) is 42.4 Å². The van der Waals surface area contributed by atoms with Crippen LogP contribution < -0.4 is 10.6 Å². The van der Waals surface area contributed by atoms with E-state index in [2.05, 4.69) is 10.6 Å². The Morgan fingerprint density at radius 2 is 1.53 bits per heavy atom. The molecule has 0 aromatic carbocycles. The quantitative estimate of drug-likeness (QED) is 0.0299. The lowest BCUT2D eigenvalue weighted by atomic mass is 9.96. The van der Waals surface area contributed by atoms with Crippen LogP contribution in [0.25, 0.3) is 0 Å². The lowest BCUT2D eigenvalue weighted by molar-refractivity contribution is -0.122. The van der Waals surface area contributed by atoms with E-state index >= 15 is 0 Å². The van der Waals surface area contributed by atoms with Crippen LogP contribution in [0.2, 0.25) is 0 Å². The van der Waals surface area contributed by atoms with Crippen LogP contribution in [0.15, 0.2) is 0 Å². The van der Waals surface area contributed by atoms with Gasteiger partial charge in [0.25, 0.3) is 0 Å². The molecule has 0 aliphatic carbocycles. The summed E-state index contributed by atoms with van der Waals surface area (Å²) in [5, 5.41) is 5.63. The fraction of sp³-hybridized carbons (Fsp3) is 0.926. The van der Waals surface area contributed by atoms with Gasteiger partial charge in [-0.05, 0) is 20.3 Å². The van der Waals surface area contributed by atoms with Crippen molar-refractivity contribution in [2.75, 3.05) is 78.5 Å². The molecule has 1 fully saturated rings. The molecule has 1 aliphatic rings. The second-order valence-electron chi connectivity index (χ2n) is 11.4. The molecule has 3 unspecified atom stereocenters. The summed E-state index contributed by atoms with van der Waals surface area (Å²) in [5.41, 5.74) is -0.938. The highest BCUT2D eigenvalue weighted by molar-refractivity contribution is 8.77. The molecule has 1 aliphatic heterocycles. The summed E-state index contributed by atoms with van der Waals surface area (Å²) < 4.78 is 62.3. The molecule has 2 amide bonds. The van der Waals surface area contributed by atoms with Crippen LogP contribution in [-0.2, 0) is 51.7 Å². The summed E-state index contributed by atoms with van der Waals surface area (Å²) in [7, 11) is -0.416. The molecule has 15 nitrogen and oxygen atoms in total. The maximum Gasteiger partial charge on any atom is 0.410 e. The fourth-order valence-corrected chi connectivity index (χ4v) is 9.37. The smallest absolute Gasteiger partial charge is 0.380 e. The van der Waals surface area contributed by atoms with Crippen LogP contribution in [-0.4, -0.2) is 137 Å². The minimum atomic E-state index is -4.78. The van der Waals surface area contributed by atoms with Gasteiger partial charge < -0.3 is 48.8 Å². The molecule has 20 heteroatoms. The van der Waals surface area contributed by atoms with Crippen molar-refractivity contribution in [1.29, 1.82) is 0 Å². The first-order valence-electron chi connectivity index (χ1n) is 15.6. The number of carbonyl (C=O) groups excluding carboxylic acids is 2. The molecule has 0 aromatic heterocycles. The zero-order valence-corrected chi connectivity index (χ0v) is 31.5. The highest BCUT2D eigenvalue weighted by Crippen LogP contribution is 2.79. The van der Waals surface area contributed by atoms with Crippen molar-refractivity contribution in [2.45, 2.75) is 82.5 Å². The van der Waals surface area contributed by atoms with E-state index in [1.165, 1.54) is 35.4 Å². The predicted octanol–water partition coefficient (Wildman–Crippen LogP) is 2.67. The maximum atomic E-state index is 12.3. The third-order valence-corrected chi connectivity index (χ3v) is 15.9. The second-order valence-corrected chi connectivity index (χ2v) is 21.0. The summed E-state index contributed by atoms with van der Waals surface area (Å²) in [6.45, 7) is 12.2. The molecular formula is C27H53BN2O13P2S2. The fourth-order valence-electron chi connectivity index (χ4n) is 3.66. The Balaban J connectivity index is 2.09. The SMILES string of the molecule is [B][C@H]1C[C@@H](OCSSC(C)(C)CNC(=O)CCOCCOCCOCCOCCNC(=O)CC)C(COP(=O)(O)P(=O)(O)C(C)C)O1. The molecule has 0 bridgehead atoms. The topological polar surface area (TPSA) is 197 Å². The molecule has 2 radical (unpaired) electrons. The third kappa shape index (κ3) is 19.7. The van der Waals surface area contributed by atoms with Gasteiger partial charge in [-0.15, -0.1) is 0 Å². The molecule has 1 saturated heterocycles. The van der Waals surface area contributed by atoms with E-state index in [4.69, 9.17) is 40.8 Å². The lowest BCUT2D eigenvalue weighted by Gasteiger charge is -2.25. The summed E-state index contributed by atoms with van der Waals surface area (Å²) >= 11 is 0. The van der Waals surface area contributed by atoms with Crippen LogP contribution in [0, 0.1) is 0 Å². The molecule has 5 atom stereocenters. The molecule has 4 N–H and O–H groups in total. The second kappa shape index (κ2) is 24.1. The zero-order valence-electron chi connectivity index (χ0n) is 28.1. The average molecular weight is 751 g/mol. The van der Waals surface area contributed by atoms with E-state index in [1.807, 2.05) is 13.8 Å². The van der Waals surface area contributed by atoms with E-state index in [0.717, 1.165) is 0 Å². The minimum absolute atomic E-state index is 0.000254. The van der Waals surface area contributed by atoms with E-state index in [-0.39, 0.29) is 35.5 Å². The monoisotopic (exact) mass is 750 g/mol. The first-order chi connectivity index (χ1) is 22.1. The summed E-state index contributed by atoms with van der Waals surface area (Å²) in [6, 6.07) is -0.659. The van der Waals surface area contributed by atoms with Gasteiger partial charge in [0.05, 0.1) is 65.6 Å². The Morgan fingerprint density at radius 3 is 2.11 bits per heavy atom. The zero-order chi connectivity index (χ0) is 35.3. The van der Waals surface area contributed by atoms with Gasteiger partial charge in [0.15, 0.2) is 0 Å². The van der Waals surface area contributed by atoms with Crippen LogP contribution in [0.5, 0.6) is 0 Å². The van der Waals surface area contributed by atoms with Crippen molar-refractivity contribution < 1.29 is 61.5 Å². The van der Waals surface area contributed by atoms with Crippen molar-refractivity contribution in [3.05, 3.63) is 0 Å². The first kappa shape index (κ1) is 44.8. The summed E-state index contributed by atoms with van der Waals surface area (Å²) in [5.74, 6) is 0.119. The Kier molecular flexibility index (Phi) is 23.0. The summed E-state index contributed by atoms with van der Waals surface area (Å²) in [6.07, 6.45) is -0.290. The van der Waals surface area contributed by atoms with Crippen molar-refractivity contribution in [3.63, 3.8) is 0 Å². The number of nitrogens with one attached hydrogen (secondary N) is 2. The van der Waals surface area contributed by atoms with Crippen molar-refractivity contribution in [1.82, 2.24) is 10.6 Å². The number of ether oxygens (including phenoxy) is 6. The molecule has 47 heavy (non-hydrogen) atoms. The van der Waals surface area contributed by atoms with Crippen molar-refractivity contribution in [2.24, 2.45) is 0 Å². The molecule has 0 spiro atoms. The maximum absolute atomic E-state index is 12.3. The summed E-state index contributed by atoms with van der Waals surface area (Å²) in [4.78, 5) is 43.3. The number of rotatable bonds is 28. The standard InChI is InChI=1S/C27H53BN2O13P2S2/c1-6-25(31)29-8-10-38-12-14-40-16-15-39-13-11-37-9-7-26(32)30-19-27(4,5)47-46-20-41-22-17-24(28)43-23(22)18-42-45(35,36)44(33,34)21(2)3/h21-24H,6-20H2,1-5H3,(H,29,31)(H,30,32)(H,33,34)(H,35,36)/t22-,23?,24-/m1/s1. The highest BCUT2D eigenvalue weighted by Gasteiger charge is 2.47. The normalized spacial score (nSPS) is 21.0. The van der Waals surface area contributed by atoms with Crippen LogP contribution in [0.4, 0.5) is 0 Å². The lowest BCUT2D eigenvalue weighted by Crippen LogP contribution is -2.36. The number of hydrogen-bond donors (Lipinski definition) is 4. The minimum Gasteiger partial charge on any atom is -0.380 e. The highest BCUT2D eigenvalue weighted by atomic mass is 33.1. The average Bonchev–Trinajstić information content (AvgIpc) is 3.37. The Hall–Kier alpha value is -0.195. The van der Waals surface area contributed by atoms with Crippen molar-refractivity contribution in [3.8, 4) is 0 Å². The number of carbonyl (C=O) groups is 2. The Bertz CT molecular complexity index is 1000. The van der Waals surface area contributed by atoms with E-state index in [0.29, 0.717) is 72.2 Å². The molecule has 1 heterocycles. The van der Waals surface area contributed by atoms with Gasteiger partial charge in [-0.25, -0.2) is 4.57 Å². The van der Waals surface area contributed by atoms with Gasteiger partial charge in [0.1, 0.15) is 19.9 Å². The Labute approximate surface area is 288 Å². The van der Waals surface area contributed by atoms with Gasteiger partial charge in [-0.2, -0.15) is 0 Å². The molecule has 0 saturated carbocycles.